The standard InChI is InChI=1S/C13H13BrN2O3/c1-18-12-10(14)8-15-13(16-12)19-11-5-3-2-4-9(11)6-7-17/h2-5,8,17H,6-7H2,1H3. The fraction of sp³-hybridized carbons (Fsp3) is 0.231. The topological polar surface area (TPSA) is 64.5 Å². The molecule has 0 aliphatic rings. The lowest BCUT2D eigenvalue weighted by atomic mass is 10.1. The van der Waals surface area contributed by atoms with E-state index >= 15 is 0 Å². The van der Waals surface area contributed by atoms with E-state index in [1.807, 2.05) is 24.3 Å². The van der Waals surface area contributed by atoms with Gasteiger partial charge in [-0.05, 0) is 34.0 Å². The molecule has 19 heavy (non-hydrogen) atoms. The number of para-hydroxylation sites is 1. The predicted octanol–water partition coefficient (Wildman–Crippen LogP) is 2.57. The van der Waals surface area contributed by atoms with Gasteiger partial charge >= 0.3 is 6.01 Å². The van der Waals surface area contributed by atoms with Crippen molar-refractivity contribution in [2.75, 3.05) is 13.7 Å². The van der Waals surface area contributed by atoms with E-state index in [4.69, 9.17) is 14.6 Å². The summed E-state index contributed by atoms with van der Waals surface area (Å²) in [6, 6.07) is 7.64. The van der Waals surface area contributed by atoms with Crippen LogP contribution >= 0.6 is 15.9 Å². The molecule has 0 amide bonds. The molecule has 1 N–H and O–H groups in total. The summed E-state index contributed by atoms with van der Waals surface area (Å²) in [4.78, 5) is 8.18. The Morgan fingerprint density at radius 2 is 2.11 bits per heavy atom. The van der Waals surface area contributed by atoms with Crippen LogP contribution in [0.1, 0.15) is 5.56 Å². The molecule has 0 unspecified atom stereocenters. The highest BCUT2D eigenvalue weighted by atomic mass is 79.9. The van der Waals surface area contributed by atoms with Gasteiger partial charge in [-0.25, -0.2) is 4.98 Å². The molecule has 1 heterocycles. The van der Waals surface area contributed by atoms with Crippen LogP contribution in [0.4, 0.5) is 0 Å². The lowest BCUT2D eigenvalue weighted by molar-refractivity contribution is 0.297. The van der Waals surface area contributed by atoms with E-state index in [2.05, 4.69) is 25.9 Å². The van der Waals surface area contributed by atoms with Gasteiger partial charge in [0, 0.05) is 6.61 Å². The lowest BCUT2D eigenvalue weighted by Gasteiger charge is -2.09. The van der Waals surface area contributed by atoms with Crippen LogP contribution in [0.15, 0.2) is 34.9 Å². The number of aliphatic hydroxyl groups is 1. The van der Waals surface area contributed by atoms with Crippen molar-refractivity contribution in [3.63, 3.8) is 0 Å². The maximum absolute atomic E-state index is 9.02. The zero-order chi connectivity index (χ0) is 13.7. The van der Waals surface area contributed by atoms with Gasteiger partial charge < -0.3 is 14.6 Å². The summed E-state index contributed by atoms with van der Waals surface area (Å²) >= 11 is 3.28. The number of hydrogen-bond donors (Lipinski definition) is 1. The van der Waals surface area contributed by atoms with E-state index < -0.39 is 0 Å². The average molecular weight is 325 g/mol. The van der Waals surface area contributed by atoms with Crippen LogP contribution in [0, 0.1) is 0 Å². The Labute approximate surface area is 119 Å². The van der Waals surface area contributed by atoms with Gasteiger partial charge in [-0.15, -0.1) is 0 Å². The first kappa shape index (κ1) is 13.8. The molecule has 0 fully saturated rings. The van der Waals surface area contributed by atoms with Gasteiger partial charge in [0.15, 0.2) is 0 Å². The van der Waals surface area contributed by atoms with Crippen LogP contribution in [0.5, 0.6) is 17.6 Å². The number of rotatable bonds is 5. The van der Waals surface area contributed by atoms with E-state index in [0.29, 0.717) is 22.5 Å². The minimum atomic E-state index is 0.0604. The van der Waals surface area contributed by atoms with Crippen molar-refractivity contribution < 1.29 is 14.6 Å². The summed E-state index contributed by atoms with van der Waals surface area (Å²) in [6.07, 6.45) is 2.08. The molecule has 2 rings (SSSR count). The van der Waals surface area contributed by atoms with Crippen molar-refractivity contribution in [1.29, 1.82) is 0 Å². The molecular weight excluding hydrogens is 312 g/mol. The highest BCUT2D eigenvalue weighted by molar-refractivity contribution is 9.10. The summed E-state index contributed by atoms with van der Waals surface area (Å²) in [5, 5.41) is 9.02. The van der Waals surface area contributed by atoms with E-state index in [1.165, 1.54) is 7.11 Å². The summed E-state index contributed by atoms with van der Waals surface area (Å²) < 4.78 is 11.4. The van der Waals surface area contributed by atoms with Crippen molar-refractivity contribution in [1.82, 2.24) is 9.97 Å². The number of halogens is 1. The van der Waals surface area contributed by atoms with Crippen LogP contribution in [-0.4, -0.2) is 28.8 Å². The highest BCUT2D eigenvalue weighted by Gasteiger charge is 2.09. The molecule has 0 bridgehead atoms. The molecule has 0 aliphatic carbocycles. The van der Waals surface area contributed by atoms with Crippen molar-refractivity contribution >= 4 is 15.9 Å². The van der Waals surface area contributed by atoms with Gasteiger partial charge in [-0.3, -0.25) is 0 Å². The Hall–Kier alpha value is -1.66. The van der Waals surface area contributed by atoms with Gasteiger partial charge in [0.2, 0.25) is 5.88 Å². The Bertz CT molecular complexity index is 563. The number of aliphatic hydroxyl groups excluding tert-OH is 1. The quantitative estimate of drug-likeness (QED) is 0.915. The first-order chi connectivity index (χ1) is 9.24. The van der Waals surface area contributed by atoms with Crippen LogP contribution in [-0.2, 0) is 6.42 Å². The minimum Gasteiger partial charge on any atom is -0.480 e. The summed E-state index contributed by atoms with van der Waals surface area (Å²) in [5.74, 6) is 1.03. The third-order valence-electron chi connectivity index (χ3n) is 2.44. The summed E-state index contributed by atoms with van der Waals surface area (Å²) in [5.41, 5.74) is 0.899. The van der Waals surface area contributed by atoms with E-state index in [1.54, 1.807) is 6.20 Å². The molecule has 0 atom stereocenters. The summed E-state index contributed by atoms with van der Waals surface area (Å²) in [7, 11) is 1.52. The van der Waals surface area contributed by atoms with Gasteiger partial charge in [-0.2, -0.15) is 4.98 Å². The van der Waals surface area contributed by atoms with E-state index in [9.17, 15) is 0 Å². The zero-order valence-electron chi connectivity index (χ0n) is 10.3. The molecule has 6 heteroatoms. The highest BCUT2D eigenvalue weighted by Crippen LogP contribution is 2.27. The number of benzene rings is 1. The number of aromatic nitrogens is 2. The van der Waals surface area contributed by atoms with Gasteiger partial charge in [0.1, 0.15) is 5.75 Å². The molecule has 1 aromatic carbocycles. The minimum absolute atomic E-state index is 0.0604. The normalized spacial score (nSPS) is 10.3. The fourth-order valence-electron chi connectivity index (χ4n) is 1.56. The maximum Gasteiger partial charge on any atom is 0.325 e. The van der Waals surface area contributed by atoms with Crippen molar-refractivity contribution in [2.24, 2.45) is 0 Å². The first-order valence-electron chi connectivity index (χ1n) is 5.67. The van der Waals surface area contributed by atoms with E-state index in [0.717, 1.165) is 5.56 Å². The second kappa shape index (κ2) is 6.49. The lowest BCUT2D eigenvalue weighted by Crippen LogP contribution is -1.99. The monoisotopic (exact) mass is 324 g/mol. The molecule has 0 spiro atoms. The molecule has 2 aromatic rings. The smallest absolute Gasteiger partial charge is 0.325 e. The van der Waals surface area contributed by atoms with Crippen molar-refractivity contribution in [3.05, 3.63) is 40.5 Å². The average Bonchev–Trinajstić information content (AvgIpc) is 2.43. The predicted molar refractivity (Wildman–Crippen MR) is 73.6 cm³/mol. The Kier molecular flexibility index (Phi) is 4.70. The number of methoxy groups -OCH3 is 1. The van der Waals surface area contributed by atoms with Crippen LogP contribution in [0.2, 0.25) is 0 Å². The molecule has 1 aromatic heterocycles. The SMILES string of the molecule is COc1nc(Oc2ccccc2CCO)ncc1Br. The molecule has 5 nitrogen and oxygen atoms in total. The van der Waals surface area contributed by atoms with Crippen molar-refractivity contribution in [3.8, 4) is 17.6 Å². The van der Waals surface area contributed by atoms with Gasteiger partial charge in [0.05, 0.1) is 17.8 Å². The Balaban J connectivity index is 2.26. The molecule has 0 radical (unpaired) electrons. The van der Waals surface area contributed by atoms with Crippen molar-refractivity contribution in [2.45, 2.75) is 6.42 Å². The number of ether oxygens (including phenoxy) is 2. The fourth-order valence-corrected chi connectivity index (χ4v) is 1.91. The zero-order valence-corrected chi connectivity index (χ0v) is 11.9. The molecular formula is C13H13BrN2O3. The molecule has 0 aliphatic heterocycles. The largest absolute Gasteiger partial charge is 0.480 e. The summed E-state index contributed by atoms with van der Waals surface area (Å²) in [6.45, 7) is 0.0604. The van der Waals surface area contributed by atoms with Crippen LogP contribution < -0.4 is 9.47 Å². The third-order valence-corrected chi connectivity index (χ3v) is 2.98. The Morgan fingerprint density at radius 3 is 2.84 bits per heavy atom. The Morgan fingerprint density at radius 1 is 1.32 bits per heavy atom. The maximum atomic E-state index is 9.02. The van der Waals surface area contributed by atoms with Crippen LogP contribution in [0.25, 0.3) is 0 Å². The van der Waals surface area contributed by atoms with Crippen LogP contribution in [0.3, 0.4) is 0 Å². The number of nitrogens with zero attached hydrogens (tertiary/aromatic N) is 2. The third kappa shape index (κ3) is 3.42. The molecule has 0 saturated carbocycles. The van der Waals surface area contributed by atoms with Gasteiger partial charge in [-0.1, -0.05) is 18.2 Å². The number of hydrogen-bond acceptors (Lipinski definition) is 5. The van der Waals surface area contributed by atoms with Gasteiger partial charge in [0.25, 0.3) is 0 Å². The molecule has 100 valence electrons. The molecule has 0 saturated heterocycles. The second-order valence-corrected chi connectivity index (χ2v) is 4.55. The first-order valence-corrected chi connectivity index (χ1v) is 6.47. The second-order valence-electron chi connectivity index (χ2n) is 3.69. The van der Waals surface area contributed by atoms with E-state index in [-0.39, 0.29) is 12.6 Å².